The van der Waals surface area contributed by atoms with Crippen LogP contribution >= 0.6 is 0 Å². The van der Waals surface area contributed by atoms with Crippen molar-refractivity contribution < 1.29 is 13.5 Å². The van der Waals surface area contributed by atoms with E-state index in [-0.39, 0.29) is 23.7 Å². The zero-order valence-electron chi connectivity index (χ0n) is 10.9. The lowest BCUT2D eigenvalue weighted by atomic mass is 9.92. The Morgan fingerprint density at radius 2 is 2.16 bits per heavy atom. The van der Waals surface area contributed by atoms with Crippen LogP contribution in [-0.2, 0) is 17.1 Å². The molecule has 2 fully saturated rings. The number of hydrogen-bond acceptors (Lipinski definition) is 4. The van der Waals surface area contributed by atoms with E-state index in [0.29, 0.717) is 13.1 Å². The number of aliphatic hydroxyl groups excluding tert-OH is 1. The molecule has 0 amide bonds. The highest BCUT2D eigenvalue weighted by Crippen LogP contribution is 2.38. The second-order valence-electron chi connectivity index (χ2n) is 5.56. The fraction of sp³-hybridized carbons (Fsp3) is 0.750. The Balaban J connectivity index is 1.82. The van der Waals surface area contributed by atoms with Gasteiger partial charge in [0.05, 0.1) is 11.4 Å². The van der Waals surface area contributed by atoms with Gasteiger partial charge in [-0.2, -0.15) is 5.10 Å². The molecule has 0 bridgehead atoms. The lowest BCUT2D eigenvalue weighted by Crippen LogP contribution is -2.32. The van der Waals surface area contributed by atoms with Crippen LogP contribution in [0, 0.1) is 5.92 Å². The number of rotatable bonds is 4. The van der Waals surface area contributed by atoms with Crippen LogP contribution in [0.25, 0.3) is 0 Å². The summed E-state index contributed by atoms with van der Waals surface area (Å²) < 4.78 is 27.8. The number of aliphatic hydroxyl groups is 1. The van der Waals surface area contributed by atoms with Crippen molar-refractivity contribution in [2.75, 3.05) is 19.7 Å². The van der Waals surface area contributed by atoms with E-state index < -0.39 is 10.0 Å². The normalized spacial score (nSPS) is 28.9. The van der Waals surface area contributed by atoms with Crippen LogP contribution in [0.3, 0.4) is 0 Å². The summed E-state index contributed by atoms with van der Waals surface area (Å²) in [6.45, 7) is 0.904. The van der Waals surface area contributed by atoms with Gasteiger partial charge in [-0.3, -0.25) is 4.68 Å². The molecule has 1 saturated heterocycles. The molecule has 19 heavy (non-hydrogen) atoms. The first-order chi connectivity index (χ1) is 9.02. The smallest absolute Gasteiger partial charge is 0.217 e. The quantitative estimate of drug-likeness (QED) is 0.839. The van der Waals surface area contributed by atoms with Crippen LogP contribution in [0.4, 0.5) is 0 Å². The summed E-state index contributed by atoms with van der Waals surface area (Å²) in [5.74, 6) is 0.0185. The molecule has 1 aliphatic carbocycles. The zero-order valence-corrected chi connectivity index (χ0v) is 11.8. The largest absolute Gasteiger partial charge is 0.396 e. The monoisotopic (exact) mass is 285 g/mol. The van der Waals surface area contributed by atoms with Crippen LogP contribution in [-0.4, -0.2) is 52.6 Å². The number of aromatic nitrogens is 2. The topological polar surface area (TPSA) is 75.4 Å². The van der Waals surface area contributed by atoms with Crippen molar-refractivity contribution in [3.05, 3.63) is 18.0 Å². The molecule has 0 aromatic carbocycles. The Morgan fingerprint density at radius 1 is 1.42 bits per heavy atom. The number of hydrogen-bond donors (Lipinski definition) is 1. The lowest BCUT2D eigenvalue weighted by molar-refractivity contribution is 0.223. The molecule has 106 valence electrons. The maximum atomic E-state index is 12.3. The predicted octanol–water partition coefficient (Wildman–Crippen LogP) is -0.0800. The van der Waals surface area contributed by atoms with E-state index in [4.69, 9.17) is 0 Å². The van der Waals surface area contributed by atoms with E-state index in [1.54, 1.807) is 15.2 Å². The van der Waals surface area contributed by atoms with E-state index in [0.717, 1.165) is 18.4 Å². The van der Waals surface area contributed by atoms with Crippen molar-refractivity contribution in [3.63, 3.8) is 0 Å². The zero-order chi connectivity index (χ0) is 13.6. The minimum absolute atomic E-state index is 0.0102. The molecule has 7 heteroatoms. The van der Waals surface area contributed by atoms with Crippen molar-refractivity contribution >= 4 is 10.0 Å². The highest BCUT2D eigenvalue weighted by Gasteiger charge is 2.46. The van der Waals surface area contributed by atoms with Crippen LogP contribution in [0.1, 0.15) is 24.3 Å². The maximum Gasteiger partial charge on any atom is 0.217 e. The molecule has 0 radical (unpaired) electrons. The van der Waals surface area contributed by atoms with Gasteiger partial charge < -0.3 is 5.11 Å². The molecule has 2 heterocycles. The van der Waals surface area contributed by atoms with E-state index in [1.165, 1.54) is 0 Å². The average molecular weight is 285 g/mol. The molecule has 1 N–H and O–H groups in total. The van der Waals surface area contributed by atoms with Gasteiger partial charge in [-0.25, -0.2) is 12.7 Å². The fourth-order valence-electron chi connectivity index (χ4n) is 2.81. The van der Waals surface area contributed by atoms with E-state index in [9.17, 15) is 13.5 Å². The first-order valence-electron chi connectivity index (χ1n) is 6.60. The van der Waals surface area contributed by atoms with Gasteiger partial charge in [-0.1, -0.05) is 0 Å². The molecule has 1 aromatic rings. The number of nitrogens with zero attached hydrogens (tertiary/aromatic N) is 3. The molecule has 3 rings (SSSR count). The summed E-state index contributed by atoms with van der Waals surface area (Å²) in [6.07, 6.45) is 5.22. The average Bonchev–Trinajstić information content (AvgIpc) is 3.01. The Bertz CT molecular complexity index is 565. The van der Waals surface area contributed by atoms with Crippen LogP contribution < -0.4 is 0 Å². The van der Waals surface area contributed by atoms with Gasteiger partial charge >= 0.3 is 0 Å². The molecule has 1 saturated carbocycles. The minimum atomic E-state index is -3.15. The molecule has 0 spiro atoms. The number of aryl methyl sites for hydroxylation is 1. The van der Waals surface area contributed by atoms with Gasteiger partial charge in [0.15, 0.2) is 0 Å². The molecule has 2 atom stereocenters. The third-order valence-electron chi connectivity index (χ3n) is 4.10. The van der Waals surface area contributed by atoms with Gasteiger partial charge in [0, 0.05) is 44.8 Å². The van der Waals surface area contributed by atoms with Crippen molar-refractivity contribution in [1.82, 2.24) is 14.1 Å². The van der Waals surface area contributed by atoms with Crippen LogP contribution in [0.2, 0.25) is 0 Å². The Labute approximate surface area is 113 Å². The third-order valence-corrected chi connectivity index (χ3v) is 6.43. The summed E-state index contributed by atoms with van der Waals surface area (Å²) in [4.78, 5) is 0. The summed E-state index contributed by atoms with van der Waals surface area (Å²) in [5, 5.41) is 13.4. The van der Waals surface area contributed by atoms with E-state index >= 15 is 0 Å². The van der Waals surface area contributed by atoms with E-state index in [1.807, 2.05) is 13.2 Å². The molecule has 1 aromatic heterocycles. The van der Waals surface area contributed by atoms with Crippen LogP contribution in [0.15, 0.2) is 12.4 Å². The van der Waals surface area contributed by atoms with Gasteiger partial charge in [0.2, 0.25) is 10.0 Å². The SMILES string of the molecule is Cn1cc([C@@H]2CN(S(=O)(=O)C3CC3)C[C@H]2CO)cn1. The molecule has 6 nitrogen and oxygen atoms in total. The second-order valence-corrected chi connectivity index (χ2v) is 7.77. The van der Waals surface area contributed by atoms with Gasteiger partial charge in [0.25, 0.3) is 0 Å². The van der Waals surface area contributed by atoms with Crippen molar-refractivity contribution in [1.29, 1.82) is 0 Å². The summed E-state index contributed by atoms with van der Waals surface area (Å²) in [7, 11) is -1.31. The molecule has 0 unspecified atom stereocenters. The molecule has 1 aliphatic heterocycles. The van der Waals surface area contributed by atoms with Gasteiger partial charge in [-0.15, -0.1) is 0 Å². The maximum absolute atomic E-state index is 12.3. The Hall–Kier alpha value is -0.920. The minimum Gasteiger partial charge on any atom is -0.396 e. The second kappa shape index (κ2) is 4.57. The lowest BCUT2D eigenvalue weighted by Gasteiger charge is -2.15. The summed E-state index contributed by atoms with van der Waals surface area (Å²) in [5.41, 5.74) is 1.01. The highest BCUT2D eigenvalue weighted by atomic mass is 32.2. The Morgan fingerprint density at radius 3 is 2.68 bits per heavy atom. The first kappa shape index (κ1) is 13.1. The Kier molecular flexibility index (Phi) is 3.15. The van der Waals surface area contributed by atoms with Crippen molar-refractivity contribution in [2.24, 2.45) is 13.0 Å². The molecular formula is C12H19N3O3S. The van der Waals surface area contributed by atoms with Gasteiger partial charge in [0.1, 0.15) is 0 Å². The highest BCUT2D eigenvalue weighted by molar-refractivity contribution is 7.90. The number of sulfonamides is 1. The summed E-state index contributed by atoms with van der Waals surface area (Å²) in [6, 6.07) is 0. The third kappa shape index (κ3) is 2.30. The van der Waals surface area contributed by atoms with Crippen molar-refractivity contribution in [3.8, 4) is 0 Å². The summed E-state index contributed by atoms with van der Waals surface area (Å²) >= 11 is 0. The van der Waals surface area contributed by atoms with Crippen LogP contribution in [0.5, 0.6) is 0 Å². The molecular weight excluding hydrogens is 266 g/mol. The van der Waals surface area contributed by atoms with E-state index in [2.05, 4.69) is 5.10 Å². The predicted molar refractivity (Wildman–Crippen MR) is 70.0 cm³/mol. The fourth-order valence-corrected chi connectivity index (χ4v) is 4.73. The first-order valence-corrected chi connectivity index (χ1v) is 8.11. The standard InChI is InChI=1S/C12H19N3O3S/c1-14-5-9(4-13-14)12-7-15(6-10(12)8-16)19(17,18)11-2-3-11/h4-5,10-12,16H,2-3,6-8H2,1H3/t10-,12-/m0/s1. The van der Waals surface area contributed by atoms with Crippen molar-refractivity contribution in [2.45, 2.75) is 24.0 Å². The van der Waals surface area contributed by atoms with Gasteiger partial charge in [-0.05, 0) is 18.4 Å². The molecule has 2 aliphatic rings.